The molecule has 2 atom stereocenters. The first-order valence-electron chi connectivity index (χ1n) is 5.03. The maximum absolute atomic E-state index is 12.5. The molecule has 1 saturated carbocycles. The maximum atomic E-state index is 12.5. The lowest BCUT2D eigenvalue weighted by molar-refractivity contribution is -0.185. The molecule has 1 nitrogen and oxygen atoms in total. The van der Waals surface area contributed by atoms with Crippen LogP contribution in [0.2, 0.25) is 0 Å². The first-order chi connectivity index (χ1) is 6.26. The number of alkyl halides is 3. The third kappa shape index (κ3) is 2.62. The highest BCUT2D eigenvalue weighted by atomic mass is 19.4. The van der Waals surface area contributed by atoms with Crippen molar-refractivity contribution in [3.63, 3.8) is 0 Å². The summed E-state index contributed by atoms with van der Waals surface area (Å²) < 4.78 is 37.6. The molecule has 84 valence electrons. The third-order valence-electron chi connectivity index (χ3n) is 3.25. The van der Waals surface area contributed by atoms with Crippen molar-refractivity contribution in [3.8, 4) is 0 Å². The Bertz CT molecular complexity index is 198. The van der Waals surface area contributed by atoms with Crippen molar-refractivity contribution in [1.82, 2.24) is 0 Å². The molecule has 2 unspecified atom stereocenters. The van der Waals surface area contributed by atoms with Gasteiger partial charge in [-0.05, 0) is 30.6 Å². The van der Waals surface area contributed by atoms with Crippen LogP contribution in [0, 0.1) is 17.3 Å². The van der Waals surface area contributed by atoms with Crippen LogP contribution in [0.4, 0.5) is 13.2 Å². The van der Waals surface area contributed by atoms with Crippen molar-refractivity contribution in [2.24, 2.45) is 23.0 Å². The van der Waals surface area contributed by atoms with Gasteiger partial charge in [-0.15, -0.1) is 0 Å². The lowest BCUT2D eigenvalue weighted by atomic mass is 9.85. The fraction of sp³-hybridized carbons (Fsp3) is 1.00. The Morgan fingerprint density at radius 2 is 2.00 bits per heavy atom. The second-order valence-corrected chi connectivity index (χ2v) is 5.05. The Labute approximate surface area is 82.9 Å². The van der Waals surface area contributed by atoms with Gasteiger partial charge in [-0.3, -0.25) is 0 Å². The van der Waals surface area contributed by atoms with E-state index in [2.05, 4.69) is 0 Å². The van der Waals surface area contributed by atoms with E-state index >= 15 is 0 Å². The predicted octanol–water partition coefficient (Wildman–Crippen LogP) is 2.95. The van der Waals surface area contributed by atoms with Crippen LogP contribution >= 0.6 is 0 Å². The van der Waals surface area contributed by atoms with Crippen molar-refractivity contribution in [2.45, 2.75) is 39.3 Å². The molecule has 0 aromatic carbocycles. The van der Waals surface area contributed by atoms with E-state index < -0.39 is 12.1 Å². The van der Waals surface area contributed by atoms with Crippen LogP contribution in [0.15, 0.2) is 0 Å². The van der Waals surface area contributed by atoms with Crippen LogP contribution in [-0.2, 0) is 0 Å². The molecule has 2 N–H and O–H groups in total. The van der Waals surface area contributed by atoms with Gasteiger partial charge in [0.1, 0.15) is 0 Å². The Hall–Kier alpha value is -0.250. The van der Waals surface area contributed by atoms with Gasteiger partial charge in [0.2, 0.25) is 0 Å². The summed E-state index contributed by atoms with van der Waals surface area (Å²) in [5.41, 5.74) is 5.27. The molecule has 1 fully saturated rings. The van der Waals surface area contributed by atoms with Gasteiger partial charge in [0.25, 0.3) is 0 Å². The zero-order valence-electron chi connectivity index (χ0n) is 8.69. The van der Waals surface area contributed by atoms with Crippen LogP contribution in [0.3, 0.4) is 0 Å². The van der Waals surface area contributed by atoms with Crippen LogP contribution in [0.5, 0.6) is 0 Å². The number of rotatable bonds is 2. The Kier molecular flexibility index (Phi) is 3.14. The predicted molar refractivity (Wildman–Crippen MR) is 49.7 cm³/mol. The van der Waals surface area contributed by atoms with Gasteiger partial charge in [-0.2, -0.15) is 13.2 Å². The molecule has 0 aliphatic heterocycles. The van der Waals surface area contributed by atoms with Crippen molar-refractivity contribution in [2.75, 3.05) is 6.54 Å². The van der Waals surface area contributed by atoms with Crippen molar-refractivity contribution < 1.29 is 13.2 Å². The number of halogens is 3. The van der Waals surface area contributed by atoms with Gasteiger partial charge in [0.05, 0.1) is 5.92 Å². The van der Waals surface area contributed by atoms with E-state index in [4.69, 9.17) is 5.73 Å². The number of hydrogen-bond donors (Lipinski definition) is 1. The number of hydrogen-bond acceptors (Lipinski definition) is 1. The molecule has 0 aromatic heterocycles. The summed E-state index contributed by atoms with van der Waals surface area (Å²) in [5.74, 6) is -1.57. The molecular weight excluding hydrogens is 191 g/mol. The van der Waals surface area contributed by atoms with E-state index in [1.165, 1.54) is 0 Å². The van der Waals surface area contributed by atoms with E-state index in [-0.39, 0.29) is 17.9 Å². The van der Waals surface area contributed by atoms with Gasteiger partial charge in [-0.1, -0.05) is 13.8 Å². The van der Waals surface area contributed by atoms with Gasteiger partial charge in [0.15, 0.2) is 0 Å². The highest BCUT2D eigenvalue weighted by Crippen LogP contribution is 2.47. The highest BCUT2D eigenvalue weighted by molar-refractivity contribution is 4.88. The molecule has 0 radical (unpaired) electrons. The molecule has 0 amide bonds. The molecule has 0 spiro atoms. The van der Waals surface area contributed by atoms with Crippen molar-refractivity contribution >= 4 is 0 Å². The monoisotopic (exact) mass is 209 g/mol. The van der Waals surface area contributed by atoms with Crippen molar-refractivity contribution in [3.05, 3.63) is 0 Å². The van der Waals surface area contributed by atoms with Gasteiger partial charge < -0.3 is 5.73 Å². The first-order valence-corrected chi connectivity index (χ1v) is 5.03. The van der Waals surface area contributed by atoms with Crippen LogP contribution < -0.4 is 5.73 Å². The second kappa shape index (κ2) is 3.72. The molecule has 1 rings (SSSR count). The molecule has 0 aromatic rings. The summed E-state index contributed by atoms with van der Waals surface area (Å²) in [4.78, 5) is 0. The van der Waals surface area contributed by atoms with Gasteiger partial charge in [-0.25, -0.2) is 0 Å². The molecule has 14 heavy (non-hydrogen) atoms. The largest absolute Gasteiger partial charge is 0.393 e. The Morgan fingerprint density at radius 3 is 2.29 bits per heavy atom. The average molecular weight is 209 g/mol. The topological polar surface area (TPSA) is 26.0 Å². The minimum Gasteiger partial charge on any atom is -0.330 e. The van der Waals surface area contributed by atoms with E-state index in [9.17, 15) is 13.2 Å². The second-order valence-electron chi connectivity index (χ2n) is 5.05. The highest BCUT2D eigenvalue weighted by Gasteiger charge is 2.47. The number of nitrogens with two attached hydrogens (primary N) is 1. The zero-order chi connectivity index (χ0) is 11.0. The minimum absolute atomic E-state index is 0.0589. The zero-order valence-corrected chi connectivity index (χ0v) is 8.69. The van der Waals surface area contributed by atoms with E-state index in [0.717, 1.165) is 6.42 Å². The SMILES string of the molecule is CC1(C)CCC(C(CN)C(F)(F)F)C1. The summed E-state index contributed by atoms with van der Waals surface area (Å²) >= 11 is 0. The van der Waals surface area contributed by atoms with Crippen molar-refractivity contribution in [1.29, 1.82) is 0 Å². The Balaban J connectivity index is 2.65. The average Bonchev–Trinajstić information content (AvgIpc) is 2.29. The van der Waals surface area contributed by atoms with E-state index in [1.807, 2.05) is 13.8 Å². The lowest BCUT2D eigenvalue weighted by Gasteiger charge is -2.26. The standard InChI is InChI=1S/C10H18F3N/c1-9(2)4-3-7(5-9)8(6-14)10(11,12)13/h7-8H,3-6,14H2,1-2H3. The molecule has 0 heterocycles. The summed E-state index contributed by atoms with van der Waals surface area (Å²) in [6, 6.07) is 0. The minimum atomic E-state index is -4.13. The molecule has 0 saturated heterocycles. The van der Waals surface area contributed by atoms with Crippen LogP contribution in [0.1, 0.15) is 33.1 Å². The smallest absolute Gasteiger partial charge is 0.330 e. The fourth-order valence-electron chi connectivity index (χ4n) is 2.43. The van der Waals surface area contributed by atoms with Crippen LogP contribution in [0.25, 0.3) is 0 Å². The fourth-order valence-corrected chi connectivity index (χ4v) is 2.43. The van der Waals surface area contributed by atoms with Gasteiger partial charge in [0, 0.05) is 6.54 Å². The molecule has 0 bridgehead atoms. The summed E-state index contributed by atoms with van der Waals surface area (Å²) in [5, 5.41) is 0. The normalized spacial score (nSPS) is 29.1. The Morgan fingerprint density at radius 1 is 1.43 bits per heavy atom. The summed E-state index contributed by atoms with van der Waals surface area (Å²) in [6.45, 7) is 3.78. The first kappa shape index (κ1) is 11.8. The molecule has 4 heteroatoms. The molecule has 1 aliphatic carbocycles. The van der Waals surface area contributed by atoms with E-state index in [0.29, 0.717) is 12.8 Å². The summed E-state index contributed by atoms with van der Waals surface area (Å²) in [6.07, 6.45) is -1.94. The molecular formula is C10H18F3N. The third-order valence-corrected chi connectivity index (χ3v) is 3.25. The van der Waals surface area contributed by atoms with E-state index in [1.54, 1.807) is 0 Å². The lowest BCUT2D eigenvalue weighted by Crippen LogP contribution is -2.35. The molecule has 1 aliphatic rings. The quantitative estimate of drug-likeness (QED) is 0.743. The van der Waals surface area contributed by atoms with Gasteiger partial charge >= 0.3 is 6.18 Å². The van der Waals surface area contributed by atoms with Crippen LogP contribution in [-0.4, -0.2) is 12.7 Å². The summed E-state index contributed by atoms with van der Waals surface area (Å²) in [7, 11) is 0. The maximum Gasteiger partial charge on any atom is 0.393 e.